The van der Waals surface area contributed by atoms with E-state index in [9.17, 15) is 9.59 Å². The van der Waals surface area contributed by atoms with Crippen LogP contribution < -0.4 is 15.4 Å². The summed E-state index contributed by atoms with van der Waals surface area (Å²) in [5.41, 5.74) is 0.767. The minimum absolute atomic E-state index is 0.225. The molecule has 1 atom stereocenters. The molecule has 144 valence electrons. The first-order valence-electron chi connectivity index (χ1n) is 8.00. The molecule has 0 saturated carbocycles. The third-order valence-electron chi connectivity index (χ3n) is 3.62. The molecule has 9 heteroatoms. The molecule has 1 aromatic carbocycles. The molecule has 0 spiro atoms. The fourth-order valence-electron chi connectivity index (χ4n) is 2.22. The Kier molecular flexibility index (Phi) is 8.22. The number of pyridine rings is 1. The Labute approximate surface area is 172 Å². The number of amides is 2. The summed E-state index contributed by atoms with van der Waals surface area (Å²) in [6, 6.07) is 7.17. The van der Waals surface area contributed by atoms with Gasteiger partial charge in [-0.15, -0.1) is 0 Å². The number of thioether (sulfide) groups is 1. The number of rotatable bonds is 8. The summed E-state index contributed by atoms with van der Waals surface area (Å²) in [5, 5.41) is 6.14. The maximum Gasteiger partial charge on any atom is 0.253 e. The van der Waals surface area contributed by atoms with Crippen LogP contribution in [0.1, 0.15) is 16.8 Å². The molecule has 2 aromatic rings. The molecule has 2 N–H and O–H groups in total. The molecule has 1 heterocycles. The number of halogens is 2. The molecule has 2 amide bonds. The summed E-state index contributed by atoms with van der Waals surface area (Å²) >= 11 is 13.5. The highest BCUT2D eigenvalue weighted by Crippen LogP contribution is 2.21. The van der Waals surface area contributed by atoms with Gasteiger partial charge in [-0.25, -0.2) is 4.98 Å². The summed E-state index contributed by atoms with van der Waals surface area (Å²) in [7, 11) is 1.51. The van der Waals surface area contributed by atoms with E-state index >= 15 is 0 Å². The number of ether oxygens (including phenoxy) is 1. The number of benzene rings is 1. The largest absolute Gasteiger partial charge is 0.481 e. The van der Waals surface area contributed by atoms with Gasteiger partial charge in [-0.1, -0.05) is 23.2 Å². The van der Waals surface area contributed by atoms with Crippen LogP contribution in [0.5, 0.6) is 5.88 Å². The van der Waals surface area contributed by atoms with Crippen molar-refractivity contribution in [2.75, 3.05) is 24.4 Å². The molecule has 6 nitrogen and oxygen atoms in total. The first kappa shape index (κ1) is 21.3. The van der Waals surface area contributed by atoms with E-state index in [4.69, 9.17) is 27.9 Å². The van der Waals surface area contributed by atoms with E-state index in [0.717, 1.165) is 0 Å². The number of anilines is 1. The smallest absolute Gasteiger partial charge is 0.253 e. The zero-order valence-electron chi connectivity index (χ0n) is 14.8. The van der Waals surface area contributed by atoms with Crippen LogP contribution >= 0.6 is 35.0 Å². The lowest BCUT2D eigenvalue weighted by atomic mass is 10.1. The average Bonchev–Trinajstić information content (AvgIpc) is 2.65. The quantitative estimate of drug-likeness (QED) is 0.667. The molecular weight excluding hydrogens is 409 g/mol. The van der Waals surface area contributed by atoms with Gasteiger partial charge in [-0.3, -0.25) is 9.59 Å². The van der Waals surface area contributed by atoms with Gasteiger partial charge < -0.3 is 15.4 Å². The maximum atomic E-state index is 12.6. The van der Waals surface area contributed by atoms with Gasteiger partial charge in [-0.05, 0) is 42.7 Å². The standard InChI is InChI=1S/C18H19Cl2N3O3S/c1-26-16-6-4-12(10-21-16)22-18(25)15(7-8-27-2)23-17(24)13-5-3-11(19)9-14(13)20/h3-6,9-10,15H,7-8H2,1-2H3,(H,22,25)(H,23,24). The lowest BCUT2D eigenvalue weighted by Crippen LogP contribution is -2.44. The SMILES string of the molecule is COc1ccc(NC(=O)C(CCSC)NC(=O)c2ccc(Cl)cc2Cl)cn1. The molecule has 0 aliphatic heterocycles. The second kappa shape index (κ2) is 10.4. The minimum atomic E-state index is -0.723. The molecule has 0 saturated heterocycles. The number of carbonyl (C=O) groups excluding carboxylic acids is 2. The van der Waals surface area contributed by atoms with Crippen LogP contribution in [-0.4, -0.2) is 42.0 Å². The summed E-state index contributed by atoms with van der Waals surface area (Å²) in [6.07, 6.45) is 3.88. The van der Waals surface area contributed by atoms with Gasteiger partial charge in [0, 0.05) is 11.1 Å². The van der Waals surface area contributed by atoms with Gasteiger partial charge in [0.15, 0.2) is 0 Å². The van der Waals surface area contributed by atoms with Crippen molar-refractivity contribution in [2.24, 2.45) is 0 Å². The van der Waals surface area contributed by atoms with Crippen molar-refractivity contribution in [1.29, 1.82) is 0 Å². The Bertz CT molecular complexity index is 803. The van der Waals surface area contributed by atoms with Gasteiger partial charge in [0.25, 0.3) is 5.91 Å². The molecule has 0 aliphatic carbocycles. The summed E-state index contributed by atoms with van der Waals surface area (Å²) in [4.78, 5) is 29.2. The van der Waals surface area contributed by atoms with Gasteiger partial charge in [0.2, 0.25) is 11.8 Å². The van der Waals surface area contributed by atoms with Crippen molar-refractivity contribution in [1.82, 2.24) is 10.3 Å². The molecule has 0 fully saturated rings. The van der Waals surface area contributed by atoms with E-state index in [-0.39, 0.29) is 16.5 Å². The first-order valence-corrected chi connectivity index (χ1v) is 10.2. The van der Waals surface area contributed by atoms with Gasteiger partial charge in [0.1, 0.15) is 6.04 Å². The van der Waals surface area contributed by atoms with Crippen LogP contribution in [0.2, 0.25) is 10.0 Å². The van der Waals surface area contributed by atoms with E-state index in [1.165, 1.54) is 25.4 Å². The number of methoxy groups -OCH3 is 1. The third-order valence-corrected chi connectivity index (χ3v) is 4.81. The van der Waals surface area contributed by atoms with Gasteiger partial charge >= 0.3 is 0 Å². The summed E-state index contributed by atoms with van der Waals surface area (Å²) in [5.74, 6) is 0.367. The van der Waals surface area contributed by atoms with Crippen molar-refractivity contribution >= 4 is 52.5 Å². The molecule has 27 heavy (non-hydrogen) atoms. The lowest BCUT2D eigenvalue weighted by molar-refractivity contribution is -0.118. The Morgan fingerprint density at radius 2 is 2.04 bits per heavy atom. The maximum absolute atomic E-state index is 12.6. The predicted molar refractivity (Wildman–Crippen MR) is 110 cm³/mol. The fraction of sp³-hybridized carbons (Fsp3) is 0.278. The van der Waals surface area contributed by atoms with Gasteiger partial charge in [-0.2, -0.15) is 11.8 Å². The van der Waals surface area contributed by atoms with Crippen molar-refractivity contribution in [3.05, 3.63) is 52.1 Å². The number of hydrogen-bond donors (Lipinski definition) is 2. The summed E-state index contributed by atoms with van der Waals surface area (Å²) in [6.45, 7) is 0. The highest BCUT2D eigenvalue weighted by molar-refractivity contribution is 7.98. The predicted octanol–water partition coefficient (Wildman–Crippen LogP) is 3.89. The molecule has 2 rings (SSSR count). The van der Waals surface area contributed by atoms with E-state index < -0.39 is 11.9 Å². The monoisotopic (exact) mass is 427 g/mol. The Hall–Kier alpha value is -1.96. The zero-order valence-corrected chi connectivity index (χ0v) is 17.1. The topological polar surface area (TPSA) is 80.3 Å². The highest BCUT2D eigenvalue weighted by atomic mass is 35.5. The molecular formula is C18H19Cl2N3O3S. The van der Waals surface area contributed by atoms with E-state index in [0.29, 0.717) is 28.8 Å². The number of hydrogen-bond acceptors (Lipinski definition) is 5. The molecule has 1 unspecified atom stereocenters. The molecule has 0 radical (unpaired) electrons. The number of nitrogens with zero attached hydrogens (tertiary/aromatic N) is 1. The Morgan fingerprint density at radius 1 is 1.26 bits per heavy atom. The molecule has 0 bridgehead atoms. The average molecular weight is 428 g/mol. The van der Waals surface area contributed by atoms with Crippen molar-refractivity contribution in [3.8, 4) is 5.88 Å². The van der Waals surface area contributed by atoms with Crippen molar-refractivity contribution in [3.63, 3.8) is 0 Å². The van der Waals surface area contributed by atoms with Crippen LogP contribution in [0.4, 0.5) is 5.69 Å². The van der Waals surface area contributed by atoms with Crippen LogP contribution in [-0.2, 0) is 4.79 Å². The van der Waals surface area contributed by atoms with Crippen LogP contribution in [0, 0.1) is 0 Å². The second-order valence-electron chi connectivity index (χ2n) is 5.51. The highest BCUT2D eigenvalue weighted by Gasteiger charge is 2.22. The van der Waals surface area contributed by atoms with E-state index in [1.54, 1.807) is 30.0 Å². The third kappa shape index (κ3) is 6.30. The minimum Gasteiger partial charge on any atom is -0.481 e. The van der Waals surface area contributed by atoms with Crippen molar-refractivity contribution in [2.45, 2.75) is 12.5 Å². The number of carbonyl (C=O) groups is 2. The van der Waals surface area contributed by atoms with Gasteiger partial charge in [0.05, 0.1) is 29.6 Å². The molecule has 0 aliphatic rings. The van der Waals surface area contributed by atoms with E-state index in [2.05, 4.69) is 15.6 Å². The first-order chi connectivity index (χ1) is 12.9. The van der Waals surface area contributed by atoms with Crippen LogP contribution in [0.25, 0.3) is 0 Å². The number of aromatic nitrogens is 1. The zero-order chi connectivity index (χ0) is 19.8. The summed E-state index contributed by atoms with van der Waals surface area (Å²) < 4.78 is 4.99. The number of nitrogens with one attached hydrogen (secondary N) is 2. The lowest BCUT2D eigenvalue weighted by Gasteiger charge is -2.18. The second-order valence-corrected chi connectivity index (χ2v) is 7.34. The Balaban J connectivity index is 2.10. The fourth-order valence-corrected chi connectivity index (χ4v) is 3.18. The molecule has 1 aromatic heterocycles. The van der Waals surface area contributed by atoms with E-state index in [1.807, 2.05) is 6.26 Å². The Morgan fingerprint density at radius 3 is 2.63 bits per heavy atom. The van der Waals surface area contributed by atoms with Crippen LogP contribution in [0.15, 0.2) is 36.5 Å². The van der Waals surface area contributed by atoms with Crippen molar-refractivity contribution < 1.29 is 14.3 Å². The van der Waals surface area contributed by atoms with Crippen LogP contribution in [0.3, 0.4) is 0 Å². The normalized spacial score (nSPS) is 11.6.